The number of aromatic nitrogens is 1. The highest BCUT2D eigenvalue weighted by Gasteiger charge is 2.03. The molecule has 0 saturated heterocycles. The van der Waals surface area contributed by atoms with Crippen LogP contribution in [0.2, 0.25) is 0 Å². The van der Waals surface area contributed by atoms with Gasteiger partial charge in [-0.2, -0.15) is 0 Å². The first kappa shape index (κ1) is 14.7. The van der Waals surface area contributed by atoms with Crippen LogP contribution in [0.15, 0.2) is 23.1 Å². The van der Waals surface area contributed by atoms with Crippen molar-refractivity contribution in [1.82, 2.24) is 9.47 Å². The monoisotopic (exact) mass is 254 g/mol. The standard InChI is InChI=1S/C13H22N2O3/c1-14(2)7-5-11-18-12-6-3-8-15(13(12)17)9-4-10-16/h3,6,8,16H,4-5,7,9-11H2,1-2H3. The Labute approximate surface area is 108 Å². The molecule has 0 bridgehead atoms. The zero-order valence-corrected chi connectivity index (χ0v) is 11.1. The van der Waals surface area contributed by atoms with Crippen LogP contribution in [0.4, 0.5) is 0 Å². The molecule has 1 aromatic rings. The minimum Gasteiger partial charge on any atom is -0.488 e. The number of aliphatic hydroxyl groups excluding tert-OH is 1. The lowest BCUT2D eigenvalue weighted by Crippen LogP contribution is -2.23. The van der Waals surface area contributed by atoms with Gasteiger partial charge in [0.1, 0.15) is 0 Å². The average molecular weight is 254 g/mol. The Bertz CT molecular complexity index is 401. The fraction of sp³-hybridized carbons (Fsp3) is 0.615. The number of pyridine rings is 1. The molecule has 0 saturated carbocycles. The number of ether oxygens (including phenoxy) is 1. The molecule has 1 N–H and O–H groups in total. The van der Waals surface area contributed by atoms with Crippen molar-refractivity contribution >= 4 is 0 Å². The van der Waals surface area contributed by atoms with Gasteiger partial charge in [-0.15, -0.1) is 0 Å². The molecule has 0 aromatic carbocycles. The second-order valence-electron chi connectivity index (χ2n) is 4.45. The Balaban J connectivity index is 2.52. The summed E-state index contributed by atoms with van der Waals surface area (Å²) in [5.74, 6) is 0.384. The second-order valence-corrected chi connectivity index (χ2v) is 4.45. The molecule has 0 fully saturated rings. The van der Waals surface area contributed by atoms with Crippen molar-refractivity contribution in [1.29, 1.82) is 0 Å². The van der Waals surface area contributed by atoms with E-state index in [9.17, 15) is 4.79 Å². The van der Waals surface area contributed by atoms with Gasteiger partial charge in [0.05, 0.1) is 6.61 Å². The molecule has 0 aliphatic heterocycles. The molecule has 1 heterocycles. The maximum absolute atomic E-state index is 11.9. The Morgan fingerprint density at radius 1 is 1.39 bits per heavy atom. The van der Waals surface area contributed by atoms with Gasteiger partial charge in [0.2, 0.25) is 0 Å². The topological polar surface area (TPSA) is 54.7 Å². The van der Waals surface area contributed by atoms with Gasteiger partial charge in [0.25, 0.3) is 5.56 Å². The number of hydrogen-bond donors (Lipinski definition) is 1. The summed E-state index contributed by atoms with van der Waals surface area (Å²) in [7, 11) is 4.01. The van der Waals surface area contributed by atoms with Crippen LogP contribution in [0, 0.1) is 0 Å². The fourth-order valence-corrected chi connectivity index (χ4v) is 1.60. The SMILES string of the molecule is CN(C)CCCOc1cccn(CCCO)c1=O. The Morgan fingerprint density at radius 2 is 2.17 bits per heavy atom. The molecule has 1 rings (SSSR count). The van der Waals surface area contributed by atoms with Crippen LogP contribution in [0.3, 0.4) is 0 Å². The number of aliphatic hydroxyl groups is 1. The maximum atomic E-state index is 11.9. The molecule has 5 heteroatoms. The van der Waals surface area contributed by atoms with E-state index in [0.29, 0.717) is 25.3 Å². The third kappa shape index (κ3) is 4.89. The summed E-state index contributed by atoms with van der Waals surface area (Å²) in [6.45, 7) is 2.08. The van der Waals surface area contributed by atoms with Crippen LogP contribution in [0.1, 0.15) is 12.8 Å². The third-order valence-electron chi connectivity index (χ3n) is 2.55. The lowest BCUT2D eigenvalue weighted by Gasteiger charge is -2.11. The van der Waals surface area contributed by atoms with E-state index in [1.165, 1.54) is 0 Å². The molecule has 0 spiro atoms. The predicted octanol–water partition coefficient (Wildman–Crippen LogP) is 0.561. The largest absolute Gasteiger partial charge is 0.488 e. The van der Waals surface area contributed by atoms with E-state index in [1.54, 1.807) is 22.9 Å². The first-order valence-corrected chi connectivity index (χ1v) is 6.23. The lowest BCUT2D eigenvalue weighted by atomic mass is 10.4. The van der Waals surface area contributed by atoms with E-state index in [-0.39, 0.29) is 12.2 Å². The predicted molar refractivity (Wildman–Crippen MR) is 71.1 cm³/mol. The molecule has 0 unspecified atom stereocenters. The third-order valence-corrected chi connectivity index (χ3v) is 2.55. The number of rotatable bonds is 8. The molecule has 0 amide bonds. The zero-order valence-electron chi connectivity index (χ0n) is 11.1. The van der Waals surface area contributed by atoms with Gasteiger partial charge in [-0.3, -0.25) is 4.79 Å². The quantitative estimate of drug-likeness (QED) is 0.689. The molecular formula is C13H22N2O3. The summed E-state index contributed by atoms with van der Waals surface area (Å²) in [5.41, 5.74) is -0.129. The van der Waals surface area contributed by atoms with Crippen LogP contribution in [-0.4, -0.2) is 48.4 Å². The Morgan fingerprint density at radius 3 is 2.83 bits per heavy atom. The van der Waals surface area contributed by atoms with Crippen molar-refractivity contribution in [3.63, 3.8) is 0 Å². The fourth-order valence-electron chi connectivity index (χ4n) is 1.60. The minimum absolute atomic E-state index is 0.0837. The summed E-state index contributed by atoms with van der Waals surface area (Å²) >= 11 is 0. The Kier molecular flexibility index (Phi) is 6.46. The van der Waals surface area contributed by atoms with Gasteiger partial charge in [-0.25, -0.2) is 0 Å². The van der Waals surface area contributed by atoms with E-state index < -0.39 is 0 Å². The molecule has 102 valence electrons. The van der Waals surface area contributed by atoms with E-state index in [1.807, 2.05) is 14.1 Å². The highest BCUT2D eigenvalue weighted by molar-refractivity contribution is 5.17. The first-order valence-electron chi connectivity index (χ1n) is 6.23. The van der Waals surface area contributed by atoms with Crippen molar-refractivity contribution in [3.8, 4) is 5.75 Å². The van der Waals surface area contributed by atoms with Gasteiger partial charge in [0, 0.05) is 25.9 Å². The Hall–Kier alpha value is -1.33. The van der Waals surface area contributed by atoms with Gasteiger partial charge >= 0.3 is 0 Å². The average Bonchev–Trinajstić information content (AvgIpc) is 2.34. The van der Waals surface area contributed by atoms with Gasteiger partial charge in [0.15, 0.2) is 5.75 Å². The normalized spacial score (nSPS) is 10.9. The van der Waals surface area contributed by atoms with Gasteiger partial charge in [-0.05, 0) is 39.1 Å². The molecule has 1 aromatic heterocycles. The molecule has 0 radical (unpaired) electrons. The highest BCUT2D eigenvalue weighted by atomic mass is 16.5. The summed E-state index contributed by atoms with van der Waals surface area (Å²) in [4.78, 5) is 14.0. The van der Waals surface area contributed by atoms with Crippen molar-refractivity contribution in [2.24, 2.45) is 0 Å². The van der Waals surface area contributed by atoms with E-state index >= 15 is 0 Å². The summed E-state index contributed by atoms with van der Waals surface area (Å²) in [6.07, 6.45) is 3.17. The number of aryl methyl sites for hydroxylation is 1. The van der Waals surface area contributed by atoms with E-state index in [2.05, 4.69) is 4.90 Å². The molecular weight excluding hydrogens is 232 g/mol. The van der Waals surface area contributed by atoms with Crippen LogP contribution in [-0.2, 0) is 6.54 Å². The molecule has 0 aliphatic rings. The van der Waals surface area contributed by atoms with Gasteiger partial charge in [-0.1, -0.05) is 0 Å². The summed E-state index contributed by atoms with van der Waals surface area (Å²) in [5, 5.41) is 8.76. The minimum atomic E-state index is -0.129. The molecule has 0 aliphatic carbocycles. The van der Waals surface area contributed by atoms with Crippen LogP contribution >= 0.6 is 0 Å². The van der Waals surface area contributed by atoms with E-state index in [0.717, 1.165) is 13.0 Å². The van der Waals surface area contributed by atoms with Crippen LogP contribution < -0.4 is 10.3 Å². The number of hydrogen-bond acceptors (Lipinski definition) is 4. The number of nitrogens with zero attached hydrogens (tertiary/aromatic N) is 2. The second kappa shape index (κ2) is 7.89. The summed E-state index contributed by atoms with van der Waals surface area (Å²) in [6, 6.07) is 3.48. The maximum Gasteiger partial charge on any atom is 0.292 e. The van der Waals surface area contributed by atoms with Gasteiger partial charge < -0.3 is 19.3 Å². The molecule has 18 heavy (non-hydrogen) atoms. The summed E-state index contributed by atoms with van der Waals surface area (Å²) < 4.78 is 7.05. The van der Waals surface area contributed by atoms with Crippen molar-refractivity contribution in [2.75, 3.05) is 33.9 Å². The van der Waals surface area contributed by atoms with Crippen molar-refractivity contribution < 1.29 is 9.84 Å². The van der Waals surface area contributed by atoms with Crippen molar-refractivity contribution in [2.45, 2.75) is 19.4 Å². The first-order chi connectivity index (χ1) is 8.65. The molecule has 5 nitrogen and oxygen atoms in total. The van der Waals surface area contributed by atoms with E-state index in [4.69, 9.17) is 9.84 Å². The zero-order chi connectivity index (χ0) is 13.4. The highest BCUT2D eigenvalue weighted by Crippen LogP contribution is 2.03. The van der Waals surface area contributed by atoms with Crippen LogP contribution in [0.25, 0.3) is 0 Å². The van der Waals surface area contributed by atoms with Crippen molar-refractivity contribution in [3.05, 3.63) is 28.7 Å². The lowest BCUT2D eigenvalue weighted by molar-refractivity contribution is 0.270. The smallest absolute Gasteiger partial charge is 0.292 e. The molecule has 0 atom stereocenters. The van der Waals surface area contributed by atoms with Crippen LogP contribution in [0.5, 0.6) is 5.75 Å².